The number of hydrogen-bond donors (Lipinski definition) is 0. The van der Waals surface area contributed by atoms with E-state index in [9.17, 15) is 4.79 Å². The minimum absolute atomic E-state index is 0.00405. The number of methoxy groups -OCH3 is 3. The highest BCUT2D eigenvalue weighted by Gasteiger charge is 2.16. The molecule has 0 aromatic heterocycles. The lowest BCUT2D eigenvalue weighted by molar-refractivity contribution is -0.129. The van der Waals surface area contributed by atoms with E-state index < -0.39 is 0 Å². The van der Waals surface area contributed by atoms with Crippen molar-refractivity contribution in [3.8, 4) is 17.2 Å². The predicted octanol–water partition coefficient (Wildman–Crippen LogP) is 2.91. The average Bonchev–Trinajstić information content (AvgIpc) is 2.61. The summed E-state index contributed by atoms with van der Waals surface area (Å²) in [5.41, 5.74) is 1.77. The van der Waals surface area contributed by atoms with Crippen LogP contribution in [0.1, 0.15) is 11.1 Å². The number of hydrogen-bond acceptors (Lipinski definition) is 4. The summed E-state index contributed by atoms with van der Waals surface area (Å²) in [6.45, 7) is 0.439. The number of benzene rings is 2. The molecule has 0 radical (unpaired) electrons. The SMILES string of the molecule is COc1ccccc1CC(=O)N(C)Cc1cccc(OC)c1OC. The zero-order chi connectivity index (χ0) is 17.5. The Balaban J connectivity index is 2.12. The molecule has 2 rings (SSSR count). The third-order valence-corrected chi connectivity index (χ3v) is 3.85. The van der Waals surface area contributed by atoms with E-state index in [4.69, 9.17) is 14.2 Å². The van der Waals surface area contributed by atoms with Gasteiger partial charge in [0.1, 0.15) is 5.75 Å². The van der Waals surface area contributed by atoms with Gasteiger partial charge in [0.25, 0.3) is 0 Å². The molecule has 0 N–H and O–H groups in total. The highest BCUT2D eigenvalue weighted by molar-refractivity contribution is 5.79. The number of carbonyl (C=O) groups is 1. The van der Waals surface area contributed by atoms with Crippen molar-refractivity contribution in [3.63, 3.8) is 0 Å². The van der Waals surface area contributed by atoms with E-state index in [1.165, 1.54) is 0 Å². The van der Waals surface area contributed by atoms with Crippen molar-refractivity contribution in [2.75, 3.05) is 28.4 Å². The monoisotopic (exact) mass is 329 g/mol. The molecule has 0 saturated carbocycles. The first kappa shape index (κ1) is 17.7. The fourth-order valence-electron chi connectivity index (χ4n) is 2.57. The smallest absolute Gasteiger partial charge is 0.227 e. The molecule has 24 heavy (non-hydrogen) atoms. The third kappa shape index (κ3) is 3.98. The summed E-state index contributed by atoms with van der Waals surface area (Å²) in [6.07, 6.45) is 0.285. The van der Waals surface area contributed by atoms with E-state index in [1.807, 2.05) is 42.5 Å². The molecule has 5 heteroatoms. The number of nitrogens with zero attached hydrogens (tertiary/aromatic N) is 1. The molecule has 2 aromatic carbocycles. The Bertz CT molecular complexity index is 700. The van der Waals surface area contributed by atoms with E-state index in [0.29, 0.717) is 18.0 Å². The Morgan fingerprint density at radius 1 is 0.875 bits per heavy atom. The van der Waals surface area contributed by atoms with E-state index in [0.717, 1.165) is 16.9 Å². The first-order valence-electron chi connectivity index (χ1n) is 7.66. The largest absolute Gasteiger partial charge is 0.496 e. The van der Waals surface area contributed by atoms with Gasteiger partial charge in [-0.1, -0.05) is 30.3 Å². The van der Waals surface area contributed by atoms with Crippen LogP contribution in [-0.4, -0.2) is 39.2 Å². The molecule has 0 aliphatic carbocycles. The number of amides is 1. The molecule has 0 fully saturated rings. The van der Waals surface area contributed by atoms with Crippen LogP contribution in [0.15, 0.2) is 42.5 Å². The van der Waals surface area contributed by atoms with Gasteiger partial charge in [0.05, 0.1) is 27.8 Å². The van der Waals surface area contributed by atoms with Crippen molar-refractivity contribution in [2.45, 2.75) is 13.0 Å². The fraction of sp³-hybridized carbons (Fsp3) is 0.316. The van der Waals surface area contributed by atoms with Crippen LogP contribution in [0.3, 0.4) is 0 Å². The lowest BCUT2D eigenvalue weighted by Gasteiger charge is -2.20. The molecular formula is C19H23NO4. The molecule has 5 nitrogen and oxygen atoms in total. The quantitative estimate of drug-likeness (QED) is 0.784. The number of rotatable bonds is 7. The van der Waals surface area contributed by atoms with Crippen molar-refractivity contribution in [2.24, 2.45) is 0 Å². The van der Waals surface area contributed by atoms with Crippen molar-refractivity contribution in [1.29, 1.82) is 0 Å². The molecule has 1 amide bonds. The number of ether oxygens (including phenoxy) is 3. The van der Waals surface area contributed by atoms with E-state index in [-0.39, 0.29) is 12.3 Å². The van der Waals surface area contributed by atoms with Crippen LogP contribution in [0.25, 0.3) is 0 Å². The standard InChI is InChI=1S/C19H23NO4/c1-20(13-15-9-7-11-17(23-3)19(15)24-4)18(21)12-14-8-5-6-10-16(14)22-2/h5-11H,12-13H2,1-4H3. The Hall–Kier alpha value is -2.69. The second-order valence-corrected chi connectivity index (χ2v) is 5.39. The average molecular weight is 329 g/mol. The molecule has 0 aliphatic rings. The maximum Gasteiger partial charge on any atom is 0.227 e. The molecule has 0 atom stereocenters. The Labute approximate surface area is 142 Å². The molecule has 128 valence electrons. The highest BCUT2D eigenvalue weighted by atomic mass is 16.5. The predicted molar refractivity (Wildman–Crippen MR) is 92.7 cm³/mol. The van der Waals surface area contributed by atoms with Gasteiger partial charge in [0, 0.05) is 24.7 Å². The van der Waals surface area contributed by atoms with Crippen molar-refractivity contribution < 1.29 is 19.0 Å². The lowest BCUT2D eigenvalue weighted by atomic mass is 10.1. The first-order chi connectivity index (χ1) is 11.6. The second-order valence-electron chi connectivity index (χ2n) is 5.39. The molecule has 0 aliphatic heterocycles. The molecular weight excluding hydrogens is 306 g/mol. The van der Waals surface area contributed by atoms with Crippen molar-refractivity contribution in [3.05, 3.63) is 53.6 Å². The minimum Gasteiger partial charge on any atom is -0.496 e. The van der Waals surface area contributed by atoms with Crippen LogP contribution in [0, 0.1) is 0 Å². The maximum atomic E-state index is 12.5. The molecule has 0 spiro atoms. The Morgan fingerprint density at radius 2 is 1.50 bits per heavy atom. The van der Waals surface area contributed by atoms with Gasteiger partial charge >= 0.3 is 0 Å². The highest BCUT2D eigenvalue weighted by Crippen LogP contribution is 2.31. The molecule has 0 unspecified atom stereocenters. The van der Waals surface area contributed by atoms with Crippen molar-refractivity contribution >= 4 is 5.91 Å². The number of carbonyl (C=O) groups excluding carboxylic acids is 1. The first-order valence-corrected chi connectivity index (χ1v) is 7.66. The minimum atomic E-state index is 0.00405. The summed E-state index contributed by atoms with van der Waals surface area (Å²) in [5.74, 6) is 2.03. The van der Waals surface area contributed by atoms with Gasteiger partial charge < -0.3 is 19.1 Å². The summed E-state index contributed by atoms with van der Waals surface area (Å²) in [4.78, 5) is 14.2. The number of likely N-dealkylation sites (N-methyl/N-ethyl adjacent to an activating group) is 1. The zero-order valence-electron chi connectivity index (χ0n) is 14.5. The van der Waals surface area contributed by atoms with Crippen LogP contribution in [-0.2, 0) is 17.8 Å². The van der Waals surface area contributed by atoms with Gasteiger partial charge in [-0.3, -0.25) is 4.79 Å². The topological polar surface area (TPSA) is 48.0 Å². The zero-order valence-corrected chi connectivity index (χ0v) is 14.5. The third-order valence-electron chi connectivity index (χ3n) is 3.85. The number of para-hydroxylation sites is 2. The van der Waals surface area contributed by atoms with Crippen LogP contribution < -0.4 is 14.2 Å². The summed E-state index contributed by atoms with van der Waals surface area (Å²) in [7, 11) is 6.57. The second kappa shape index (κ2) is 8.24. The van der Waals surface area contributed by atoms with Gasteiger partial charge in [-0.25, -0.2) is 0 Å². The van der Waals surface area contributed by atoms with Gasteiger partial charge in [-0.2, -0.15) is 0 Å². The van der Waals surface area contributed by atoms with Gasteiger partial charge in [0.2, 0.25) is 5.91 Å². The summed E-state index contributed by atoms with van der Waals surface area (Å²) in [5, 5.41) is 0. The summed E-state index contributed by atoms with van der Waals surface area (Å²) < 4.78 is 16.0. The summed E-state index contributed by atoms with van der Waals surface area (Å²) in [6, 6.07) is 13.2. The molecule has 2 aromatic rings. The van der Waals surface area contributed by atoms with E-state index in [2.05, 4.69) is 0 Å². The van der Waals surface area contributed by atoms with Crippen LogP contribution in [0.2, 0.25) is 0 Å². The molecule has 0 bridgehead atoms. The molecule has 0 saturated heterocycles. The van der Waals surface area contributed by atoms with Crippen LogP contribution in [0.5, 0.6) is 17.2 Å². The normalized spacial score (nSPS) is 10.2. The Morgan fingerprint density at radius 3 is 2.17 bits per heavy atom. The van der Waals surface area contributed by atoms with E-state index in [1.54, 1.807) is 33.3 Å². The van der Waals surface area contributed by atoms with E-state index >= 15 is 0 Å². The lowest BCUT2D eigenvalue weighted by Crippen LogP contribution is -2.28. The maximum absolute atomic E-state index is 12.5. The van der Waals surface area contributed by atoms with Crippen LogP contribution >= 0.6 is 0 Å². The molecule has 0 heterocycles. The van der Waals surface area contributed by atoms with Crippen LogP contribution in [0.4, 0.5) is 0 Å². The van der Waals surface area contributed by atoms with Crippen molar-refractivity contribution in [1.82, 2.24) is 4.90 Å². The van der Waals surface area contributed by atoms with Gasteiger partial charge in [-0.15, -0.1) is 0 Å². The Kier molecular flexibility index (Phi) is 6.07. The van der Waals surface area contributed by atoms with Gasteiger partial charge in [0.15, 0.2) is 11.5 Å². The summed E-state index contributed by atoms with van der Waals surface area (Å²) >= 11 is 0. The fourth-order valence-corrected chi connectivity index (χ4v) is 2.57. The van der Waals surface area contributed by atoms with Gasteiger partial charge in [-0.05, 0) is 12.1 Å².